The van der Waals surface area contributed by atoms with Crippen molar-refractivity contribution in [3.63, 3.8) is 0 Å². The van der Waals surface area contributed by atoms with E-state index in [1.807, 2.05) is 84.9 Å². The fraction of sp³-hybridized carbons (Fsp3) is 0. The third-order valence-corrected chi connectivity index (χ3v) is 9.62. The molecule has 5 nitrogen and oxygen atoms in total. The lowest BCUT2D eigenvalue weighted by molar-refractivity contribution is 1.18. The fourth-order valence-corrected chi connectivity index (χ4v) is 7.40. The third kappa shape index (κ3) is 4.38. The minimum atomic E-state index is 0.557. The summed E-state index contributed by atoms with van der Waals surface area (Å²) in [6.45, 7) is 0. The van der Waals surface area contributed by atoms with Crippen molar-refractivity contribution in [1.82, 2.24) is 9.13 Å². The highest BCUT2D eigenvalue weighted by atomic mass is 15.0. The number of hydrogen-bond acceptors (Lipinski definition) is 3. The molecule has 2 aromatic heterocycles. The van der Waals surface area contributed by atoms with E-state index >= 15 is 0 Å². The first-order valence-corrected chi connectivity index (χ1v) is 16.3. The van der Waals surface area contributed by atoms with Crippen molar-refractivity contribution in [1.29, 1.82) is 15.8 Å². The molecule has 9 aromatic rings. The van der Waals surface area contributed by atoms with E-state index in [4.69, 9.17) is 0 Å². The molecular formula is C45H25N5. The molecule has 230 valence electrons. The van der Waals surface area contributed by atoms with Gasteiger partial charge >= 0.3 is 0 Å². The number of fused-ring (bicyclic) bond motifs is 6. The molecular weight excluding hydrogens is 611 g/mol. The van der Waals surface area contributed by atoms with Gasteiger partial charge in [0.2, 0.25) is 0 Å². The van der Waals surface area contributed by atoms with Gasteiger partial charge in [-0.25, -0.2) is 0 Å². The standard InChI is InChI=1S/C45H25N5/c46-26-29-17-21-44-40(22-29)39-12-3-4-13-41(39)49(44)34-18-20-35(33(25-34)28-48)31-8-7-9-32(24-31)36-19-16-30(27-47)23-45(36)50-42-14-5-1-10-37(42)38-11-2-6-15-43(38)50/h1-25H. The van der Waals surface area contributed by atoms with Crippen LogP contribution in [-0.4, -0.2) is 9.13 Å². The maximum absolute atomic E-state index is 10.5. The van der Waals surface area contributed by atoms with Crippen LogP contribution < -0.4 is 0 Å². The summed E-state index contributed by atoms with van der Waals surface area (Å²) < 4.78 is 4.40. The highest BCUT2D eigenvalue weighted by molar-refractivity contribution is 6.11. The SMILES string of the molecule is N#Cc1ccc(-c2cccc(-c3ccc(-n4c5ccccc5c5cc(C#N)ccc54)cc3C#N)c2)c(-n2c3ccccc3c3ccccc32)c1. The third-order valence-electron chi connectivity index (χ3n) is 9.62. The predicted molar refractivity (Wildman–Crippen MR) is 200 cm³/mol. The zero-order valence-corrected chi connectivity index (χ0v) is 26.7. The fourth-order valence-electron chi connectivity index (χ4n) is 7.40. The first-order chi connectivity index (χ1) is 24.7. The number of rotatable bonds is 4. The Kier molecular flexibility index (Phi) is 6.56. The van der Waals surface area contributed by atoms with Crippen LogP contribution in [0.3, 0.4) is 0 Å². The maximum Gasteiger partial charge on any atom is 0.0998 e. The molecule has 0 fully saturated rings. The Morgan fingerprint density at radius 1 is 0.380 bits per heavy atom. The van der Waals surface area contributed by atoms with Gasteiger partial charge in [0.1, 0.15) is 0 Å². The highest BCUT2D eigenvalue weighted by Gasteiger charge is 2.18. The summed E-state index contributed by atoms with van der Waals surface area (Å²) in [5.74, 6) is 0. The van der Waals surface area contributed by atoms with Gasteiger partial charge in [-0.3, -0.25) is 0 Å². The molecule has 0 aliphatic carbocycles. The van der Waals surface area contributed by atoms with E-state index < -0.39 is 0 Å². The molecule has 0 atom stereocenters. The number of hydrogen-bond donors (Lipinski definition) is 0. The van der Waals surface area contributed by atoms with Crippen molar-refractivity contribution in [3.05, 3.63) is 168 Å². The molecule has 0 saturated heterocycles. The van der Waals surface area contributed by atoms with Crippen molar-refractivity contribution in [3.8, 4) is 51.8 Å². The van der Waals surface area contributed by atoms with Gasteiger partial charge in [0.15, 0.2) is 0 Å². The minimum absolute atomic E-state index is 0.557. The molecule has 50 heavy (non-hydrogen) atoms. The van der Waals surface area contributed by atoms with Crippen LogP contribution in [-0.2, 0) is 0 Å². The van der Waals surface area contributed by atoms with Crippen LogP contribution in [0, 0.1) is 34.0 Å². The summed E-state index contributed by atoms with van der Waals surface area (Å²) in [4.78, 5) is 0. The Hall–Kier alpha value is -7.39. The van der Waals surface area contributed by atoms with Gasteiger partial charge in [0, 0.05) is 32.8 Å². The monoisotopic (exact) mass is 635 g/mol. The summed E-state index contributed by atoms with van der Waals surface area (Å²) in [7, 11) is 0. The van der Waals surface area contributed by atoms with E-state index in [0.29, 0.717) is 16.7 Å². The number of para-hydroxylation sites is 3. The van der Waals surface area contributed by atoms with E-state index in [2.05, 4.69) is 94.1 Å². The zero-order chi connectivity index (χ0) is 33.8. The van der Waals surface area contributed by atoms with E-state index in [9.17, 15) is 15.8 Å². The highest BCUT2D eigenvalue weighted by Crippen LogP contribution is 2.39. The lowest BCUT2D eigenvalue weighted by Crippen LogP contribution is -1.99. The molecule has 0 aliphatic heterocycles. The molecule has 9 rings (SSSR count). The molecule has 0 spiro atoms. The van der Waals surface area contributed by atoms with Crippen LogP contribution in [0.1, 0.15) is 16.7 Å². The first-order valence-electron chi connectivity index (χ1n) is 16.3. The second-order valence-electron chi connectivity index (χ2n) is 12.3. The second kappa shape index (κ2) is 11.4. The number of aromatic nitrogens is 2. The van der Waals surface area contributed by atoms with Crippen LogP contribution in [0.5, 0.6) is 0 Å². The summed E-state index contributed by atoms with van der Waals surface area (Å²) in [5, 5.41) is 34.3. The molecule has 0 N–H and O–H groups in total. The van der Waals surface area contributed by atoms with Gasteiger partial charge in [0.05, 0.1) is 62.7 Å². The van der Waals surface area contributed by atoms with E-state index in [1.54, 1.807) is 0 Å². The van der Waals surface area contributed by atoms with Crippen molar-refractivity contribution < 1.29 is 0 Å². The number of nitriles is 3. The Morgan fingerprint density at radius 2 is 0.920 bits per heavy atom. The van der Waals surface area contributed by atoms with Crippen LogP contribution >= 0.6 is 0 Å². The largest absolute Gasteiger partial charge is 0.309 e. The van der Waals surface area contributed by atoms with E-state index in [-0.39, 0.29) is 0 Å². The van der Waals surface area contributed by atoms with Gasteiger partial charge in [0.25, 0.3) is 0 Å². The Balaban J connectivity index is 1.20. The molecule has 5 heteroatoms. The van der Waals surface area contributed by atoms with Crippen molar-refractivity contribution in [2.24, 2.45) is 0 Å². The molecule has 0 saturated carbocycles. The predicted octanol–water partition coefficient (Wildman–Crippen LogP) is 10.8. The van der Waals surface area contributed by atoms with E-state index in [1.165, 1.54) is 0 Å². The second-order valence-corrected chi connectivity index (χ2v) is 12.3. The van der Waals surface area contributed by atoms with Crippen molar-refractivity contribution in [2.75, 3.05) is 0 Å². The maximum atomic E-state index is 10.5. The quantitative estimate of drug-likeness (QED) is 0.193. The molecule has 0 amide bonds. The average molecular weight is 636 g/mol. The first kappa shape index (κ1) is 28.8. The van der Waals surface area contributed by atoms with Gasteiger partial charge in [-0.05, 0) is 83.4 Å². The summed E-state index contributed by atoms with van der Waals surface area (Å²) in [6.07, 6.45) is 0. The molecule has 0 aliphatic rings. The zero-order valence-electron chi connectivity index (χ0n) is 26.7. The van der Waals surface area contributed by atoms with Crippen molar-refractivity contribution >= 4 is 43.6 Å². The molecule has 0 unspecified atom stereocenters. The van der Waals surface area contributed by atoms with Gasteiger partial charge in [-0.2, -0.15) is 15.8 Å². The summed E-state index contributed by atoms with van der Waals surface area (Å²) >= 11 is 0. The van der Waals surface area contributed by atoms with Crippen molar-refractivity contribution in [2.45, 2.75) is 0 Å². The minimum Gasteiger partial charge on any atom is -0.309 e. The van der Waals surface area contributed by atoms with Crippen LogP contribution in [0.25, 0.3) is 77.2 Å². The number of nitrogens with zero attached hydrogens (tertiary/aromatic N) is 5. The number of benzene rings is 7. The van der Waals surface area contributed by atoms with Crippen LogP contribution in [0.4, 0.5) is 0 Å². The molecule has 0 radical (unpaired) electrons. The normalized spacial score (nSPS) is 11.1. The Labute approximate surface area is 287 Å². The van der Waals surface area contributed by atoms with Gasteiger partial charge < -0.3 is 9.13 Å². The molecule has 2 heterocycles. The van der Waals surface area contributed by atoms with E-state index in [0.717, 1.165) is 77.2 Å². The lowest BCUT2D eigenvalue weighted by Gasteiger charge is -2.16. The van der Waals surface area contributed by atoms with Gasteiger partial charge in [-0.1, -0.05) is 84.9 Å². The lowest BCUT2D eigenvalue weighted by atomic mass is 9.94. The summed E-state index contributed by atoms with van der Waals surface area (Å²) in [6, 6.07) is 57.8. The Bertz CT molecular complexity index is 2920. The van der Waals surface area contributed by atoms with Crippen LogP contribution in [0.15, 0.2) is 152 Å². The van der Waals surface area contributed by atoms with Crippen LogP contribution in [0.2, 0.25) is 0 Å². The molecule has 0 bridgehead atoms. The average Bonchev–Trinajstić information content (AvgIpc) is 3.70. The topological polar surface area (TPSA) is 81.2 Å². The summed E-state index contributed by atoms with van der Waals surface area (Å²) in [5.41, 5.74) is 11.4. The Morgan fingerprint density at radius 3 is 1.58 bits per heavy atom. The van der Waals surface area contributed by atoms with Gasteiger partial charge in [-0.15, -0.1) is 0 Å². The smallest absolute Gasteiger partial charge is 0.0998 e. The molecule has 7 aromatic carbocycles.